The van der Waals surface area contributed by atoms with Gasteiger partial charge in [0.2, 0.25) is 0 Å². The second-order valence-electron chi connectivity index (χ2n) is 9.35. The molecular weight excluding hydrogens is 464 g/mol. The van der Waals surface area contributed by atoms with Crippen LogP contribution < -0.4 is 15.9 Å². The summed E-state index contributed by atoms with van der Waals surface area (Å²) < 4.78 is 32.2. The van der Waals surface area contributed by atoms with Gasteiger partial charge in [-0.2, -0.15) is 4.98 Å². The second kappa shape index (κ2) is 8.28. The molecule has 2 aromatic carbocycles. The first kappa shape index (κ1) is 22.4. The van der Waals surface area contributed by atoms with Crippen LogP contribution in [0.25, 0.3) is 32.9 Å². The highest BCUT2D eigenvalue weighted by molar-refractivity contribution is 6.03. The van der Waals surface area contributed by atoms with Crippen LogP contribution in [0.2, 0.25) is 0 Å². The Hall–Kier alpha value is -4.03. The van der Waals surface area contributed by atoms with Gasteiger partial charge in [-0.3, -0.25) is 9.55 Å². The van der Waals surface area contributed by atoms with Gasteiger partial charge in [0.05, 0.1) is 16.5 Å². The van der Waals surface area contributed by atoms with Gasteiger partial charge in [-0.05, 0) is 43.4 Å². The first-order chi connectivity index (χ1) is 17.4. The van der Waals surface area contributed by atoms with Crippen molar-refractivity contribution in [1.82, 2.24) is 19.9 Å². The van der Waals surface area contributed by atoms with Crippen molar-refractivity contribution in [2.45, 2.75) is 38.4 Å². The summed E-state index contributed by atoms with van der Waals surface area (Å²) in [6.07, 6.45) is 9.18. The summed E-state index contributed by atoms with van der Waals surface area (Å²) in [5.41, 5.74) is -0.532. The number of anilines is 1. The van der Waals surface area contributed by atoms with Gasteiger partial charge in [-0.15, -0.1) is 6.42 Å². The average molecular weight is 488 g/mol. The maximum Gasteiger partial charge on any atom is 0.350 e. The van der Waals surface area contributed by atoms with E-state index in [0.717, 1.165) is 12.8 Å². The molecule has 2 aliphatic heterocycles. The summed E-state index contributed by atoms with van der Waals surface area (Å²) >= 11 is 0. The molecule has 4 heterocycles. The van der Waals surface area contributed by atoms with Crippen molar-refractivity contribution in [3.05, 3.63) is 58.1 Å². The Labute approximate surface area is 205 Å². The number of fused-ring (bicyclic) bond motifs is 4. The number of rotatable bonds is 3. The number of phenolic OH excluding ortho intramolecular Hbond substituents is 1. The lowest BCUT2D eigenvalue weighted by Crippen LogP contribution is -2.52. The van der Waals surface area contributed by atoms with Crippen LogP contribution in [-0.4, -0.2) is 44.8 Å². The van der Waals surface area contributed by atoms with E-state index in [1.165, 1.54) is 35.0 Å². The fraction of sp³-hybridized carbons (Fsp3) is 0.296. The van der Waals surface area contributed by atoms with Crippen molar-refractivity contribution < 1.29 is 13.9 Å². The van der Waals surface area contributed by atoms with E-state index in [0.29, 0.717) is 41.8 Å². The summed E-state index contributed by atoms with van der Waals surface area (Å²) in [5.74, 6) is 1.21. The third-order valence-corrected chi connectivity index (χ3v) is 7.22. The van der Waals surface area contributed by atoms with Crippen molar-refractivity contribution in [2.24, 2.45) is 0 Å². The molecule has 0 saturated carbocycles. The highest BCUT2D eigenvalue weighted by Crippen LogP contribution is 2.38. The fourth-order valence-corrected chi connectivity index (χ4v) is 5.66. The number of terminal acetylenes is 1. The number of halogens is 2. The number of benzene rings is 2. The van der Waals surface area contributed by atoms with Crippen LogP contribution >= 0.6 is 0 Å². The Bertz CT molecular complexity index is 1650. The van der Waals surface area contributed by atoms with E-state index in [1.807, 2.05) is 4.90 Å². The number of phenols is 1. The molecule has 182 valence electrons. The lowest BCUT2D eigenvalue weighted by molar-refractivity contribution is 0.463. The van der Waals surface area contributed by atoms with Gasteiger partial charge in [0.1, 0.15) is 23.1 Å². The largest absolute Gasteiger partial charge is 0.508 e. The van der Waals surface area contributed by atoms with E-state index in [2.05, 4.69) is 21.2 Å². The van der Waals surface area contributed by atoms with Crippen LogP contribution in [0.15, 0.2) is 35.3 Å². The molecule has 2 saturated heterocycles. The van der Waals surface area contributed by atoms with Crippen molar-refractivity contribution >= 4 is 27.5 Å². The molecule has 6 rings (SSSR count). The molecule has 2 aromatic heterocycles. The van der Waals surface area contributed by atoms with Gasteiger partial charge in [0.25, 0.3) is 0 Å². The zero-order chi connectivity index (χ0) is 25.1. The molecule has 0 amide bonds. The van der Waals surface area contributed by atoms with E-state index in [9.17, 15) is 14.3 Å². The van der Waals surface area contributed by atoms with Gasteiger partial charge in [0, 0.05) is 48.9 Å². The summed E-state index contributed by atoms with van der Waals surface area (Å²) in [4.78, 5) is 23.8. The Morgan fingerprint density at radius 1 is 1.22 bits per heavy atom. The van der Waals surface area contributed by atoms with E-state index < -0.39 is 17.3 Å². The molecule has 2 aliphatic rings. The molecular formula is C27H23F2N5O2. The molecule has 0 radical (unpaired) electrons. The average Bonchev–Trinajstić information content (AvgIpc) is 3.21. The Kier molecular flexibility index (Phi) is 5.16. The number of nitrogens with one attached hydrogen (secondary N) is 1. The van der Waals surface area contributed by atoms with E-state index >= 15 is 4.39 Å². The summed E-state index contributed by atoms with van der Waals surface area (Å²) in [5, 5.41) is 15.0. The number of pyridine rings is 1. The number of aryl methyl sites for hydroxylation is 1. The number of hydrogen-bond donors (Lipinski definition) is 2. The SMILES string of the molecule is C#Cc1c(F)ccc2cc(O)cc(-c3ncc4c(N5CC6CCC(C5)N6)nc(=O)n(CC)c4c3F)c12. The maximum atomic E-state index is 16.4. The Balaban J connectivity index is 1.64. The number of aromatic hydroxyl groups is 1. The van der Waals surface area contributed by atoms with Crippen molar-refractivity contribution in [3.8, 4) is 29.4 Å². The molecule has 0 aliphatic carbocycles. The third-order valence-electron chi connectivity index (χ3n) is 7.22. The minimum absolute atomic E-state index is 0.0524. The zero-order valence-corrected chi connectivity index (χ0v) is 19.6. The lowest BCUT2D eigenvalue weighted by atomic mass is 9.95. The standard InChI is InChI=1S/C27H23F2N5O2/c1-3-18-21(28)8-5-14-9-17(35)10-19(22(14)18)24-23(29)25-20(11-30-24)26(32-27(36)34(25)4-2)33-12-15-6-7-16(13-33)31-15/h1,5,8-11,15-16,31,35H,4,6-7,12-13H2,2H3. The zero-order valence-electron chi connectivity index (χ0n) is 19.6. The van der Waals surface area contributed by atoms with Crippen LogP contribution in [0.1, 0.15) is 25.3 Å². The van der Waals surface area contributed by atoms with Crippen molar-refractivity contribution in [3.63, 3.8) is 0 Å². The highest BCUT2D eigenvalue weighted by atomic mass is 19.1. The number of aromatic nitrogens is 3. The number of hydrogen-bond acceptors (Lipinski definition) is 6. The lowest BCUT2D eigenvalue weighted by Gasteiger charge is -2.34. The normalized spacial score (nSPS) is 19.2. The predicted octanol–water partition coefficient (Wildman–Crippen LogP) is 3.54. The van der Waals surface area contributed by atoms with Gasteiger partial charge < -0.3 is 15.3 Å². The van der Waals surface area contributed by atoms with Crippen LogP contribution in [-0.2, 0) is 6.54 Å². The molecule has 9 heteroatoms. The smallest absolute Gasteiger partial charge is 0.350 e. The van der Waals surface area contributed by atoms with Crippen LogP contribution in [0.4, 0.5) is 14.6 Å². The molecule has 2 unspecified atom stereocenters. The van der Waals surface area contributed by atoms with Crippen molar-refractivity contribution in [1.29, 1.82) is 0 Å². The fourth-order valence-electron chi connectivity index (χ4n) is 5.66. The summed E-state index contributed by atoms with van der Waals surface area (Å²) in [6.45, 7) is 3.27. The molecule has 2 bridgehead atoms. The van der Waals surface area contributed by atoms with Crippen molar-refractivity contribution in [2.75, 3.05) is 18.0 Å². The maximum absolute atomic E-state index is 16.4. The number of nitrogens with zero attached hydrogens (tertiary/aromatic N) is 4. The Morgan fingerprint density at radius 3 is 2.67 bits per heavy atom. The summed E-state index contributed by atoms with van der Waals surface area (Å²) in [7, 11) is 0. The van der Waals surface area contributed by atoms with E-state index in [-0.39, 0.29) is 40.0 Å². The second-order valence-corrected chi connectivity index (χ2v) is 9.35. The van der Waals surface area contributed by atoms with Crippen LogP contribution in [0.3, 0.4) is 0 Å². The van der Waals surface area contributed by atoms with Crippen LogP contribution in [0, 0.1) is 24.0 Å². The molecule has 2 N–H and O–H groups in total. The van der Waals surface area contributed by atoms with E-state index in [4.69, 9.17) is 6.42 Å². The predicted molar refractivity (Wildman–Crippen MR) is 134 cm³/mol. The molecule has 36 heavy (non-hydrogen) atoms. The quantitative estimate of drug-likeness (QED) is 0.430. The minimum Gasteiger partial charge on any atom is -0.508 e. The topological polar surface area (TPSA) is 83.3 Å². The Morgan fingerprint density at radius 2 is 1.97 bits per heavy atom. The molecule has 7 nitrogen and oxygen atoms in total. The number of piperazine rings is 1. The van der Waals surface area contributed by atoms with Crippen LogP contribution in [0.5, 0.6) is 5.75 Å². The van der Waals surface area contributed by atoms with Gasteiger partial charge in [-0.25, -0.2) is 13.6 Å². The molecule has 0 spiro atoms. The van der Waals surface area contributed by atoms with Gasteiger partial charge in [0.15, 0.2) is 5.82 Å². The van der Waals surface area contributed by atoms with Gasteiger partial charge in [-0.1, -0.05) is 12.0 Å². The van der Waals surface area contributed by atoms with Gasteiger partial charge >= 0.3 is 5.69 Å². The third kappa shape index (κ3) is 3.33. The first-order valence-electron chi connectivity index (χ1n) is 11.9. The highest BCUT2D eigenvalue weighted by Gasteiger charge is 2.34. The monoisotopic (exact) mass is 487 g/mol. The van der Waals surface area contributed by atoms with E-state index in [1.54, 1.807) is 6.92 Å². The summed E-state index contributed by atoms with van der Waals surface area (Å²) in [6, 6.07) is 6.00. The first-order valence-corrected chi connectivity index (χ1v) is 11.9. The molecule has 2 fully saturated rings. The minimum atomic E-state index is -0.757. The molecule has 2 atom stereocenters. The molecule has 4 aromatic rings.